The second-order valence-electron chi connectivity index (χ2n) is 9.91. The predicted molar refractivity (Wildman–Crippen MR) is 148 cm³/mol. The minimum Gasteiger partial charge on any atom is -0.493 e. The largest absolute Gasteiger partial charge is 0.493 e. The van der Waals surface area contributed by atoms with E-state index >= 15 is 0 Å². The van der Waals surface area contributed by atoms with Gasteiger partial charge in [-0.05, 0) is 73.4 Å². The molecule has 0 aromatic heterocycles. The van der Waals surface area contributed by atoms with E-state index in [0.717, 1.165) is 16.9 Å². The average molecular weight is 540 g/mol. The van der Waals surface area contributed by atoms with Crippen molar-refractivity contribution in [2.75, 3.05) is 26.7 Å². The van der Waals surface area contributed by atoms with E-state index in [1.165, 1.54) is 0 Å². The van der Waals surface area contributed by atoms with Gasteiger partial charge in [0.25, 0.3) is 5.91 Å². The van der Waals surface area contributed by atoms with Gasteiger partial charge in [0, 0.05) is 54.1 Å². The Kier molecular flexibility index (Phi) is 8.78. The number of carbonyl (C=O) groups is 2. The molecular formula is C30H32Cl2N2O3. The van der Waals surface area contributed by atoms with Crippen molar-refractivity contribution >= 4 is 35.0 Å². The second-order valence-corrected chi connectivity index (χ2v) is 10.8. The van der Waals surface area contributed by atoms with Crippen LogP contribution in [0.3, 0.4) is 0 Å². The van der Waals surface area contributed by atoms with E-state index < -0.39 is 0 Å². The van der Waals surface area contributed by atoms with Crippen molar-refractivity contribution in [1.82, 2.24) is 9.80 Å². The highest BCUT2D eigenvalue weighted by Gasteiger charge is 2.39. The normalized spacial score (nSPS) is 14.8. The van der Waals surface area contributed by atoms with Gasteiger partial charge in [0.15, 0.2) is 0 Å². The van der Waals surface area contributed by atoms with Gasteiger partial charge in [0.2, 0.25) is 5.91 Å². The molecule has 0 radical (unpaired) electrons. The van der Waals surface area contributed by atoms with Crippen molar-refractivity contribution in [2.24, 2.45) is 5.41 Å². The molecule has 0 saturated carbocycles. The van der Waals surface area contributed by atoms with Gasteiger partial charge >= 0.3 is 0 Å². The van der Waals surface area contributed by atoms with Crippen LogP contribution in [0.15, 0.2) is 72.8 Å². The van der Waals surface area contributed by atoms with E-state index in [1.807, 2.05) is 67.4 Å². The predicted octanol–water partition coefficient (Wildman–Crippen LogP) is 6.65. The van der Waals surface area contributed by atoms with Gasteiger partial charge in [0.05, 0.1) is 6.61 Å². The monoisotopic (exact) mass is 538 g/mol. The summed E-state index contributed by atoms with van der Waals surface area (Å²) in [6, 6.07) is 22.5. The van der Waals surface area contributed by atoms with Gasteiger partial charge < -0.3 is 14.5 Å². The molecule has 5 nitrogen and oxygen atoms in total. The van der Waals surface area contributed by atoms with Gasteiger partial charge in [-0.25, -0.2) is 0 Å². The minimum atomic E-state index is -0.383. The number of nitrogens with zero attached hydrogens (tertiary/aromatic N) is 2. The Morgan fingerprint density at radius 1 is 0.973 bits per heavy atom. The van der Waals surface area contributed by atoms with Gasteiger partial charge in [-0.2, -0.15) is 0 Å². The molecule has 0 bridgehead atoms. The molecule has 0 N–H and O–H groups in total. The van der Waals surface area contributed by atoms with Crippen LogP contribution in [-0.4, -0.2) is 48.4 Å². The zero-order valence-corrected chi connectivity index (χ0v) is 22.8. The van der Waals surface area contributed by atoms with E-state index in [-0.39, 0.29) is 17.2 Å². The molecule has 1 aliphatic rings. The third-order valence-electron chi connectivity index (χ3n) is 7.09. The first-order chi connectivity index (χ1) is 17.7. The number of amides is 2. The second kappa shape index (κ2) is 12.0. The number of hydrogen-bond acceptors (Lipinski definition) is 3. The smallest absolute Gasteiger partial charge is 0.253 e. The lowest BCUT2D eigenvalue weighted by Gasteiger charge is -2.42. The van der Waals surface area contributed by atoms with E-state index in [4.69, 9.17) is 27.9 Å². The quantitative estimate of drug-likeness (QED) is 0.322. The molecule has 194 valence electrons. The summed E-state index contributed by atoms with van der Waals surface area (Å²) in [7, 11) is 1.84. The highest BCUT2D eigenvalue weighted by atomic mass is 35.5. The van der Waals surface area contributed by atoms with Crippen molar-refractivity contribution in [3.63, 3.8) is 0 Å². The third-order valence-corrected chi connectivity index (χ3v) is 7.77. The molecular weight excluding hydrogens is 507 g/mol. The maximum absolute atomic E-state index is 13.4. The fourth-order valence-electron chi connectivity index (χ4n) is 4.68. The summed E-state index contributed by atoms with van der Waals surface area (Å²) < 4.78 is 6.23. The maximum atomic E-state index is 13.4. The number of rotatable bonds is 8. The van der Waals surface area contributed by atoms with Crippen LogP contribution in [0.5, 0.6) is 5.75 Å². The van der Waals surface area contributed by atoms with E-state index in [1.54, 1.807) is 29.2 Å². The lowest BCUT2D eigenvalue weighted by Crippen LogP contribution is -2.47. The molecule has 1 saturated heterocycles. The van der Waals surface area contributed by atoms with Gasteiger partial charge in [-0.1, -0.05) is 53.5 Å². The molecule has 3 aromatic rings. The zero-order chi connectivity index (χ0) is 26.4. The fraction of sp³-hybridized carbons (Fsp3) is 0.333. The van der Waals surface area contributed by atoms with Crippen LogP contribution in [-0.2, 0) is 11.3 Å². The molecule has 37 heavy (non-hydrogen) atoms. The Morgan fingerprint density at radius 3 is 2.30 bits per heavy atom. The number of benzene rings is 3. The first-order valence-corrected chi connectivity index (χ1v) is 13.2. The Morgan fingerprint density at radius 2 is 1.65 bits per heavy atom. The molecule has 0 spiro atoms. The highest BCUT2D eigenvalue weighted by Crippen LogP contribution is 2.37. The summed E-state index contributed by atoms with van der Waals surface area (Å²) in [5.41, 5.74) is 2.26. The Bertz CT molecular complexity index is 1220. The highest BCUT2D eigenvalue weighted by molar-refractivity contribution is 6.31. The topological polar surface area (TPSA) is 49.9 Å². The molecule has 4 rings (SSSR count). The van der Waals surface area contributed by atoms with Crippen LogP contribution in [0.2, 0.25) is 10.0 Å². The Labute approximate surface area is 228 Å². The summed E-state index contributed by atoms with van der Waals surface area (Å²) in [5.74, 6) is 0.773. The minimum absolute atomic E-state index is 0.0213. The molecule has 1 aliphatic heterocycles. The van der Waals surface area contributed by atoms with Crippen molar-refractivity contribution in [1.29, 1.82) is 0 Å². The maximum Gasteiger partial charge on any atom is 0.253 e. The van der Waals surface area contributed by atoms with E-state index in [2.05, 4.69) is 0 Å². The molecule has 0 aliphatic carbocycles. The summed E-state index contributed by atoms with van der Waals surface area (Å²) >= 11 is 12.2. The van der Waals surface area contributed by atoms with Crippen molar-refractivity contribution in [2.45, 2.75) is 32.7 Å². The SMILES string of the molecule is Cc1cc(OCC2(CC(=O)N(C)Cc3ccccc3)CCN(C(=O)c3ccc(Cl)cc3)CC2)ccc1Cl. The summed E-state index contributed by atoms with van der Waals surface area (Å²) in [4.78, 5) is 30.1. The standard InChI is InChI=1S/C30H32Cl2N2O3/c1-22-18-26(12-13-27(22)32)37-21-30(19-28(35)33(2)20-23-6-4-3-5-7-23)14-16-34(17-15-30)29(36)24-8-10-25(31)11-9-24/h3-13,18H,14-17,19-21H2,1-2H3. The summed E-state index contributed by atoms with van der Waals surface area (Å²) in [6.07, 6.45) is 1.69. The number of ether oxygens (including phenoxy) is 1. The van der Waals surface area contributed by atoms with Crippen LogP contribution in [0.1, 0.15) is 40.7 Å². The third kappa shape index (κ3) is 7.06. The van der Waals surface area contributed by atoms with Gasteiger partial charge in [-0.3, -0.25) is 9.59 Å². The van der Waals surface area contributed by atoms with Crippen LogP contribution in [0.4, 0.5) is 0 Å². The van der Waals surface area contributed by atoms with Crippen LogP contribution in [0.25, 0.3) is 0 Å². The zero-order valence-electron chi connectivity index (χ0n) is 21.3. The number of carbonyl (C=O) groups excluding carboxylic acids is 2. The van der Waals surface area contributed by atoms with Crippen molar-refractivity contribution in [3.8, 4) is 5.75 Å². The summed E-state index contributed by atoms with van der Waals surface area (Å²) in [5, 5.41) is 1.29. The molecule has 0 atom stereocenters. The van der Waals surface area contributed by atoms with Crippen LogP contribution in [0, 0.1) is 12.3 Å². The number of piperidine rings is 1. The number of halogens is 2. The first kappa shape index (κ1) is 27.0. The molecule has 1 fully saturated rings. The molecule has 1 heterocycles. The number of aryl methyl sites for hydroxylation is 1. The first-order valence-electron chi connectivity index (χ1n) is 12.5. The molecule has 7 heteroatoms. The molecule has 0 unspecified atom stereocenters. The summed E-state index contributed by atoms with van der Waals surface area (Å²) in [6.45, 7) is 3.99. The number of likely N-dealkylation sites (tertiary alicyclic amines) is 1. The van der Waals surface area contributed by atoms with Crippen LogP contribution < -0.4 is 4.74 Å². The molecule has 3 aromatic carbocycles. The van der Waals surface area contributed by atoms with E-state index in [9.17, 15) is 9.59 Å². The van der Waals surface area contributed by atoms with E-state index in [0.29, 0.717) is 61.1 Å². The lowest BCUT2D eigenvalue weighted by atomic mass is 9.75. The molecule has 2 amide bonds. The average Bonchev–Trinajstić information content (AvgIpc) is 2.90. The Balaban J connectivity index is 1.46. The Hall–Kier alpha value is -3.02. The number of hydrogen-bond donors (Lipinski definition) is 0. The van der Waals surface area contributed by atoms with Gasteiger partial charge in [0.1, 0.15) is 5.75 Å². The van der Waals surface area contributed by atoms with Crippen molar-refractivity contribution in [3.05, 3.63) is 99.5 Å². The van der Waals surface area contributed by atoms with Crippen molar-refractivity contribution < 1.29 is 14.3 Å². The lowest BCUT2D eigenvalue weighted by molar-refractivity contribution is -0.134. The fourth-order valence-corrected chi connectivity index (χ4v) is 4.92. The van der Waals surface area contributed by atoms with Gasteiger partial charge in [-0.15, -0.1) is 0 Å². The van der Waals surface area contributed by atoms with Crippen LogP contribution >= 0.6 is 23.2 Å².